The number of aromatic amines is 1. The number of hydrogen-bond donors (Lipinski definition) is 2. The molecule has 0 aliphatic rings. The molecule has 0 unspecified atom stereocenters. The second kappa shape index (κ2) is 12.9. The largest absolute Gasteiger partial charge is 0.361 e. The van der Waals surface area contributed by atoms with Crippen LogP contribution in [0.3, 0.4) is 0 Å². The summed E-state index contributed by atoms with van der Waals surface area (Å²) in [7, 11) is 0. The Morgan fingerprint density at radius 3 is 2.50 bits per heavy atom. The average Bonchev–Trinajstić information content (AvgIpc) is 3.33. The smallest absolute Gasteiger partial charge is 0.322 e. The van der Waals surface area contributed by atoms with Crippen LogP contribution < -0.4 is 5.32 Å². The van der Waals surface area contributed by atoms with E-state index in [1.165, 1.54) is 12.1 Å². The van der Waals surface area contributed by atoms with Crippen molar-refractivity contribution in [1.82, 2.24) is 14.8 Å². The number of carbonyl (C=O) groups is 2. The summed E-state index contributed by atoms with van der Waals surface area (Å²) in [5, 5.41) is 4.07. The van der Waals surface area contributed by atoms with E-state index in [1.54, 1.807) is 21.9 Å². The van der Waals surface area contributed by atoms with Crippen LogP contribution in [0.1, 0.15) is 36.5 Å². The molecule has 38 heavy (non-hydrogen) atoms. The molecule has 0 saturated heterocycles. The molecular formula is C31H35FN4O2. The number of amides is 3. The highest BCUT2D eigenvalue weighted by Gasteiger charge is 2.22. The highest BCUT2D eigenvalue weighted by Crippen LogP contribution is 2.19. The third-order valence-electron chi connectivity index (χ3n) is 6.63. The van der Waals surface area contributed by atoms with Gasteiger partial charge in [0.1, 0.15) is 12.4 Å². The first-order valence-electron chi connectivity index (χ1n) is 13.1. The summed E-state index contributed by atoms with van der Waals surface area (Å²) in [6, 6.07) is 21.6. The van der Waals surface area contributed by atoms with Gasteiger partial charge in [0.05, 0.1) is 0 Å². The number of aryl methyl sites for hydroxylation is 1. The number of carbonyl (C=O) groups excluding carboxylic acids is 2. The van der Waals surface area contributed by atoms with Gasteiger partial charge in [-0.1, -0.05) is 55.8 Å². The van der Waals surface area contributed by atoms with Crippen LogP contribution in [-0.2, 0) is 17.8 Å². The SMILES string of the molecule is CCCCN(CC(=O)N(CCc1c[nH]c2ccccc12)Cc1ccc(F)cc1)C(=O)Nc1cccc(C)c1. The Hall–Kier alpha value is -4.13. The molecule has 7 heteroatoms. The van der Waals surface area contributed by atoms with Crippen molar-refractivity contribution in [2.24, 2.45) is 0 Å². The molecule has 2 N–H and O–H groups in total. The second-order valence-corrected chi connectivity index (χ2v) is 9.63. The zero-order valence-electron chi connectivity index (χ0n) is 22.0. The number of nitrogens with zero attached hydrogens (tertiary/aromatic N) is 2. The lowest BCUT2D eigenvalue weighted by molar-refractivity contribution is -0.132. The van der Waals surface area contributed by atoms with Gasteiger partial charge in [-0.25, -0.2) is 9.18 Å². The Kier molecular flexibility index (Phi) is 9.14. The summed E-state index contributed by atoms with van der Waals surface area (Å²) in [4.78, 5) is 33.4. The molecule has 3 amide bonds. The standard InChI is InChI=1S/C31H35FN4O2/c1-3-4-17-36(31(38)34-27-9-7-8-23(2)19-27)22-30(37)35(21-24-12-14-26(32)15-13-24)18-16-25-20-33-29-11-6-5-10-28(25)29/h5-15,19-20,33H,3-4,16-18,21-22H2,1-2H3,(H,34,38). The molecule has 4 rings (SSSR count). The number of para-hydroxylation sites is 1. The lowest BCUT2D eigenvalue weighted by atomic mass is 10.1. The third kappa shape index (κ3) is 7.22. The highest BCUT2D eigenvalue weighted by atomic mass is 19.1. The monoisotopic (exact) mass is 514 g/mol. The molecule has 1 aromatic heterocycles. The minimum Gasteiger partial charge on any atom is -0.361 e. The van der Waals surface area contributed by atoms with Gasteiger partial charge in [-0.2, -0.15) is 0 Å². The van der Waals surface area contributed by atoms with Gasteiger partial charge >= 0.3 is 6.03 Å². The van der Waals surface area contributed by atoms with Crippen molar-refractivity contribution in [2.45, 2.75) is 39.7 Å². The molecule has 0 bridgehead atoms. The van der Waals surface area contributed by atoms with Crippen molar-refractivity contribution < 1.29 is 14.0 Å². The van der Waals surface area contributed by atoms with Crippen molar-refractivity contribution in [1.29, 1.82) is 0 Å². The molecule has 0 radical (unpaired) electrons. The molecule has 198 valence electrons. The molecule has 0 fully saturated rings. The summed E-state index contributed by atoms with van der Waals surface area (Å²) in [5.41, 5.74) is 4.76. The minimum atomic E-state index is -0.316. The zero-order chi connectivity index (χ0) is 26.9. The van der Waals surface area contributed by atoms with E-state index in [0.717, 1.165) is 40.4 Å². The predicted molar refractivity (Wildman–Crippen MR) is 150 cm³/mol. The first kappa shape index (κ1) is 26.9. The van der Waals surface area contributed by atoms with Crippen molar-refractivity contribution in [3.05, 3.63) is 102 Å². The van der Waals surface area contributed by atoms with Crippen molar-refractivity contribution in [2.75, 3.05) is 25.0 Å². The van der Waals surface area contributed by atoms with Crippen LogP contribution in [-0.4, -0.2) is 46.4 Å². The molecule has 1 heterocycles. The minimum absolute atomic E-state index is 0.0350. The Labute approximate surface area is 223 Å². The van der Waals surface area contributed by atoms with Crippen LogP contribution in [0.5, 0.6) is 0 Å². The lowest BCUT2D eigenvalue weighted by Gasteiger charge is -2.28. The van der Waals surface area contributed by atoms with Gasteiger partial charge in [-0.3, -0.25) is 4.79 Å². The van der Waals surface area contributed by atoms with E-state index in [-0.39, 0.29) is 24.3 Å². The normalized spacial score (nSPS) is 10.9. The number of anilines is 1. The third-order valence-corrected chi connectivity index (χ3v) is 6.63. The summed E-state index contributed by atoms with van der Waals surface area (Å²) < 4.78 is 13.5. The number of benzene rings is 3. The summed E-state index contributed by atoms with van der Waals surface area (Å²) in [6.07, 6.45) is 4.33. The van der Waals surface area contributed by atoms with E-state index >= 15 is 0 Å². The van der Waals surface area contributed by atoms with E-state index in [0.29, 0.717) is 31.7 Å². The van der Waals surface area contributed by atoms with Gasteiger partial charge < -0.3 is 20.1 Å². The Balaban J connectivity index is 1.50. The summed E-state index contributed by atoms with van der Waals surface area (Å²) >= 11 is 0. The maximum Gasteiger partial charge on any atom is 0.322 e. The van der Waals surface area contributed by atoms with Crippen molar-refractivity contribution >= 4 is 28.5 Å². The quantitative estimate of drug-likeness (QED) is 0.239. The van der Waals surface area contributed by atoms with Crippen LogP contribution in [0, 0.1) is 12.7 Å². The molecular weight excluding hydrogens is 479 g/mol. The fourth-order valence-corrected chi connectivity index (χ4v) is 4.49. The number of fused-ring (bicyclic) bond motifs is 1. The Morgan fingerprint density at radius 1 is 0.947 bits per heavy atom. The number of H-pyrrole nitrogens is 1. The van der Waals surface area contributed by atoms with Crippen LogP contribution in [0.25, 0.3) is 10.9 Å². The van der Waals surface area contributed by atoms with Gasteiger partial charge in [0.15, 0.2) is 0 Å². The fraction of sp³-hybridized carbons (Fsp3) is 0.290. The van der Waals surface area contributed by atoms with Gasteiger partial charge in [0, 0.05) is 42.4 Å². The molecule has 0 atom stereocenters. The second-order valence-electron chi connectivity index (χ2n) is 9.63. The first-order valence-corrected chi connectivity index (χ1v) is 13.1. The van der Waals surface area contributed by atoms with Crippen molar-refractivity contribution in [3.63, 3.8) is 0 Å². The van der Waals surface area contributed by atoms with Gasteiger partial charge in [0.2, 0.25) is 5.91 Å². The molecule has 0 aliphatic carbocycles. The number of halogens is 1. The van der Waals surface area contributed by atoms with Crippen LogP contribution in [0.4, 0.5) is 14.9 Å². The zero-order valence-corrected chi connectivity index (χ0v) is 22.0. The predicted octanol–water partition coefficient (Wildman–Crippen LogP) is 6.52. The average molecular weight is 515 g/mol. The molecule has 0 aliphatic heterocycles. The van der Waals surface area contributed by atoms with E-state index in [9.17, 15) is 14.0 Å². The van der Waals surface area contributed by atoms with E-state index in [1.807, 2.05) is 55.6 Å². The molecule has 0 spiro atoms. The van der Waals surface area contributed by atoms with Crippen LogP contribution >= 0.6 is 0 Å². The number of aromatic nitrogens is 1. The van der Waals surface area contributed by atoms with E-state index < -0.39 is 0 Å². The molecule has 4 aromatic rings. The van der Waals surface area contributed by atoms with Crippen LogP contribution in [0.2, 0.25) is 0 Å². The topological polar surface area (TPSA) is 68.4 Å². The molecule has 0 saturated carbocycles. The van der Waals surface area contributed by atoms with Crippen LogP contribution in [0.15, 0.2) is 79.0 Å². The Morgan fingerprint density at radius 2 is 1.74 bits per heavy atom. The summed E-state index contributed by atoms with van der Waals surface area (Å²) in [6.45, 7) is 5.27. The number of unbranched alkanes of at least 4 members (excludes halogenated alkanes) is 1. The van der Waals surface area contributed by atoms with Crippen molar-refractivity contribution in [3.8, 4) is 0 Å². The summed E-state index contributed by atoms with van der Waals surface area (Å²) in [5.74, 6) is -0.464. The van der Waals surface area contributed by atoms with E-state index in [4.69, 9.17) is 0 Å². The number of hydrogen-bond acceptors (Lipinski definition) is 2. The highest BCUT2D eigenvalue weighted by molar-refractivity contribution is 5.92. The maximum absolute atomic E-state index is 13.6. The van der Waals surface area contributed by atoms with Gasteiger partial charge in [0.25, 0.3) is 0 Å². The first-order chi connectivity index (χ1) is 18.4. The lowest BCUT2D eigenvalue weighted by Crippen LogP contribution is -2.45. The number of rotatable bonds is 11. The molecule has 3 aromatic carbocycles. The fourth-order valence-electron chi connectivity index (χ4n) is 4.49. The maximum atomic E-state index is 13.6. The van der Waals surface area contributed by atoms with E-state index in [2.05, 4.69) is 23.3 Å². The van der Waals surface area contributed by atoms with Gasteiger partial charge in [-0.05, 0) is 66.8 Å². The Bertz CT molecular complexity index is 1370. The van der Waals surface area contributed by atoms with Gasteiger partial charge in [-0.15, -0.1) is 0 Å². The number of urea groups is 1. The molecule has 6 nitrogen and oxygen atoms in total. The number of nitrogens with one attached hydrogen (secondary N) is 2.